The van der Waals surface area contributed by atoms with Gasteiger partial charge in [-0.25, -0.2) is 0 Å². The molecule has 246 valence electrons. The van der Waals surface area contributed by atoms with Gasteiger partial charge in [0, 0.05) is 16.7 Å². The molecule has 0 aromatic heterocycles. The van der Waals surface area contributed by atoms with E-state index in [1.165, 1.54) is 0 Å². The molecule has 2 heterocycles. The quantitative estimate of drug-likeness (QED) is 0.181. The summed E-state index contributed by atoms with van der Waals surface area (Å²) in [5, 5.41) is 19.4. The SMILES string of the molecule is CCc1c(N2c3ccccc3Oc3ccccc32)c(-c2ccc(C#N)cc2)cc(-c2ccc(C#N)cc2)c1N1c2ccccc2Oc2ccccc21. The zero-order chi connectivity index (χ0) is 35.2. The zero-order valence-corrected chi connectivity index (χ0v) is 28.2. The number of rotatable bonds is 5. The molecule has 0 saturated carbocycles. The van der Waals surface area contributed by atoms with Gasteiger partial charge in [-0.2, -0.15) is 10.5 Å². The summed E-state index contributed by atoms with van der Waals surface area (Å²) in [6.45, 7) is 2.20. The molecule has 0 unspecified atom stereocenters. The summed E-state index contributed by atoms with van der Waals surface area (Å²) in [7, 11) is 0. The number of nitrogens with zero attached hydrogens (tertiary/aromatic N) is 4. The average molecular weight is 671 g/mol. The van der Waals surface area contributed by atoms with Crippen LogP contribution in [0.25, 0.3) is 22.3 Å². The van der Waals surface area contributed by atoms with Gasteiger partial charge >= 0.3 is 0 Å². The topological polar surface area (TPSA) is 72.5 Å². The van der Waals surface area contributed by atoms with Gasteiger partial charge < -0.3 is 19.3 Å². The molecule has 0 saturated heterocycles. The third-order valence-corrected chi connectivity index (χ3v) is 9.69. The Balaban J connectivity index is 1.46. The van der Waals surface area contributed by atoms with Crippen molar-refractivity contribution < 1.29 is 9.47 Å². The maximum atomic E-state index is 9.72. The number of benzene rings is 7. The van der Waals surface area contributed by atoms with Crippen LogP contribution in [0.3, 0.4) is 0 Å². The number of hydrogen-bond donors (Lipinski definition) is 0. The van der Waals surface area contributed by atoms with Crippen molar-refractivity contribution in [2.75, 3.05) is 9.80 Å². The fraction of sp³-hybridized carbons (Fsp3) is 0.0435. The Kier molecular flexibility index (Phi) is 7.43. The summed E-state index contributed by atoms with van der Waals surface area (Å²) < 4.78 is 13.0. The van der Waals surface area contributed by atoms with Crippen LogP contribution in [0.2, 0.25) is 0 Å². The van der Waals surface area contributed by atoms with Gasteiger partial charge in [-0.15, -0.1) is 0 Å². The number of nitriles is 2. The van der Waals surface area contributed by atoms with Crippen LogP contribution in [0.4, 0.5) is 34.1 Å². The minimum atomic E-state index is 0.591. The highest BCUT2D eigenvalue weighted by Gasteiger charge is 2.35. The zero-order valence-electron chi connectivity index (χ0n) is 28.2. The second kappa shape index (κ2) is 12.6. The number of fused-ring (bicyclic) bond motifs is 4. The van der Waals surface area contributed by atoms with Crippen LogP contribution in [-0.2, 0) is 6.42 Å². The molecule has 0 aliphatic carbocycles. The molecule has 0 atom stereocenters. The molecule has 6 heteroatoms. The third-order valence-electron chi connectivity index (χ3n) is 9.69. The van der Waals surface area contributed by atoms with E-state index in [2.05, 4.69) is 59.2 Å². The second-order valence-electron chi connectivity index (χ2n) is 12.6. The Morgan fingerprint density at radius 2 is 0.788 bits per heavy atom. The first kappa shape index (κ1) is 30.8. The first-order valence-corrected chi connectivity index (χ1v) is 17.2. The van der Waals surface area contributed by atoms with Crippen molar-refractivity contribution in [3.8, 4) is 57.4 Å². The van der Waals surface area contributed by atoms with Crippen LogP contribution in [0.1, 0.15) is 23.6 Å². The molecule has 0 bridgehead atoms. The Morgan fingerprint density at radius 1 is 0.462 bits per heavy atom. The molecule has 0 amide bonds. The smallest absolute Gasteiger partial charge is 0.151 e. The van der Waals surface area contributed by atoms with Crippen LogP contribution in [0.5, 0.6) is 23.0 Å². The van der Waals surface area contributed by atoms with Crippen molar-refractivity contribution in [3.05, 3.63) is 168 Å². The van der Waals surface area contributed by atoms with Crippen LogP contribution in [0.15, 0.2) is 152 Å². The summed E-state index contributed by atoms with van der Waals surface area (Å²) >= 11 is 0. The number of para-hydroxylation sites is 8. The minimum Gasteiger partial charge on any atom is -0.453 e. The molecule has 52 heavy (non-hydrogen) atoms. The fourth-order valence-corrected chi connectivity index (χ4v) is 7.34. The van der Waals surface area contributed by atoms with Crippen LogP contribution >= 0.6 is 0 Å². The normalized spacial score (nSPS) is 12.2. The van der Waals surface area contributed by atoms with E-state index >= 15 is 0 Å². The Hall–Kier alpha value is -7.28. The molecule has 2 aliphatic heterocycles. The molecular weight excluding hydrogens is 641 g/mol. The highest BCUT2D eigenvalue weighted by Crippen LogP contribution is 2.59. The predicted molar refractivity (Wildman–Crippen MR) is 206 cm³/mol. The molecule has 0 N–H and O–H groups in total. The summed E-state index contributed by atoms with van der Waals surface area (Å²) in [4.78, 5) is 4.65. The first-order chi connectivity index (χ1) is 25.7. The fourth-order valence-electron chi connectivity index (χ4n) is 7.34. The van der Waals surface area contributed by atoms with Gasteiger partial charge in [0.25, 0.3) is 0 Å². The molecule has 9 rings (SSSR count). The standard InChI is InChI=1S/C46H30N4O2/c1-2-34-45(49-37-11-3-7-15-41(37)51-42-16-8-4-12-38(42)49)35(32-23-19-30(28-47)20-24-32)27-36(33-25-21-31(29-48)22-26-33)46(34)50-39-13-5-9-17-43(39)52-44-18-10-6-14-40(44)50/h3-27H,2H2,1H3. The Morgan fingerprint density at radius 3 is 1.10 bits per heavy atom. The second-order valence-corrected chi connectivity index (χ2v) is 12.6. The lowest BCUT2D eigenvalue weighted by Gasteiger charge is -2.40. The summed E-state index contributed by atoms with van der Waals surface area (Å²) in [6.07, 6.45) is 0.668. The lowest BCUT2D eigenvalue weighted by Crippen LogP contribution is -2.22. The van der Waals surface area contributed by atoms with E-state index in [1.807, 2.05) is 121 Å². The van der Waals surface area contributed by atoms with Crippen LogP contribution in [-0.4, -0.2) is 0 Å². The van der Waals surface area contributed by atoms with Crippen LogP contribution < -0.4 is 19.3 Å². The van der Waals surface area contributed by atoms with E-state index in [9.17, 15) is 10.5 Å². The summed E-state index contributed by atoms with van der Waals surface area (Å²) in [5.41, 5.74) is 11.9. The van der Waals surface area contributed by atoms with Gasteiger partial charge in [-0.3, -0.25) is 0 Å². The molecule has 2 aliphatic rings. The van der Waals surface area contributed by atoms with Gasteiger partial charge in [0.1, 0.15) is 0 Å². The maximum Gasteiger partial charge on any atom is 0.151 e. The van der Waals surface area contributed by atoms with Crippen molar-refractivity contribution in [2.24, 2.45) is 0 Å². The highest BCUT2D eigenvalue weighted by molar-refractivity contribution is 6.04. The highest BCUT2D eigenvalue weighted by atomic mass is 16.5. The van der Waals surface area contributed by atoms with Gasteiger partial charge in [-0.1, -0.05) is 79.7 Å². The lowest BCUT2D eigenvalue weighted by atomic mass is 9.87. The number of ether oxygens (including phenoxy) is 2. The van der Waals surface area contributed by atoms with E-state index in [0.29, 0.717) is 17.5 Å². The van der Waals surface area contributed by atoms with Crippen molar-refractivity contribution in [1.29, 1.82) is 10.5 Å². The Labute approximate surface area is 302 Å². The monoisotopic (exact) mass is 670 g/mol. The van der Waals surface area contributed by atoms with E-state index in [0.717, 1.165) is 84.9 Å². The van der Waals surface area contributed by atoms with Gasteiger partial charge in [0.2, 0.25) is 0 Å². The van der Waals surface area contributed by atoms with Crippen molar-refractivity contribution in [2.45, 2.75) is 13.3 Å². The summed E-state index contributed by atoms with van der Waals surface area (Å²) in [6, 6.07) is 54.9. The average Bonchev–Trinajstić information content (AvgIpc) is 3.21. The molecular formula is C46H30N4O2. The van der Waals surface area contributed by atoms with E-state index < -0.39 is 0 Å². The molecule has 0 fully saturated rings. The minimum absolute atomic E-state index is 0.591. The number of anilines is 6. The van der Waals surface area contributed by atoms with E-state index in [4.69, 9.17) is 9.47 Å². The first-order valence-electron chi connectivity index (χ1n) is 17.2. The Bertz CT molecular complexity index is 2330. The van der Waals surface area contributed by atoms with Gasteiger partial charge in [0.15, 0.2) is 23.0 Å². The van der Waals surface area contributed by atoms with Gasteiger partial charge in [0.05, 0.1) is 57.4 Å². The van der Waals surface area contributed by atoms with Gasteiger partial charge in [-0.05, 0) is 96.4 Å². The molecule has 0 radical (unpaired) electrons. The van der Waals surface area contributed by atoms with Crippen molar-refractivity contribution in [3.63, 3.8) is 0 Å². The van der Waals surface area contributed by atoms with Crippen LogP contribution in [0, 0.1) is 22.7 Å². The maximum absolute atomic E-state index is 9.72. The molecule has 7 aromatic rings. The molecule has 6 nitrogen and oxygen atoms in total. The molecule has 7 aromatic carbocycles. The van der Waals surface area contributed by atoms with Crippen molar-refractivity contribution >= 4 is 34.1 Å². The lowest BCUT2D eigenvalue weighted by molar-refractivity contribution is 0.477. The third kappa shape index (κ3) is 4.94. The van der Waals surface area contributed by atoms with E-state index in [-0.39, 0.29) is 0 Å². The molecule has 0 spiro atoms. The summed E-state index contributed by atoms with van der Waals surface area (Å²) in [5.74, 6) is 3.03. The van der Waals surface area contributed by atoms with E-state index in [1.54, 1.807) is 0 Å². The van der Waals surface area contributed by atoms with Crippen molar-refractivity contribution in [1.82, 2.24) is 0 Å². The predicted octanol–water partition coefficient (Wildman–Crippen LogP) is 12.5. The number of hydrogen-bond acceptors (Lipinski definition) is 6. The largest absolute Gasteiger partial charge is 0.453 e.